The van der Waals surface area contributed by atoms with E-state index >= 15 is 0 Å². The summed E-state index contributed by atoms with van der Waals surface area (Å²) in [6, 6.07) is 16.5. The highest BCUT2D eigenvalue weighted by molar-refractivity contribution is 9.10. The summed E-state index contributed by atoms with van der Waals surface area (Å²) in [7, 11) is 0. The molecule has 2 nitrogen and oxygen atoms in total. The highest BCUT2D eigenvalue weighted by Crippen LogP contribution is 2.38. The zero-order chi connectivity index (χ0) is 19.8. The summed E-state index contributed by atoms with van der Waals surface area (Å²) in [5.74, 6) is -0.157. The fourth-order valence-electron chi connectivity index (χ4n) is 3.70. The number of aryl methyl sites for hydroxylation is 1. The third kappa shape index (κ3) is 3.71. The lowest BCUT2D eigenvalue weighted by atomic mass is 9.98. The van der Waals surface area contributed by atoms with Gasteiger partial charge in [0.15, 0.2) is 0 Å². The molecule has 1 unspecified atom stereocenters. The number of rotatable bonds is 3. The summed E-state index contributed by atoms with van der Waals surface area (Å²) in [6.07, 6.45) is 1.80. The lowest BCUT2D eigenvalue weighted by Crippen LogP contribution is -1.97. The molecule has 1 heterocycles. The molecule has 0 radical (unpaired) electrons. The van der Waals surface area contributed by atoms with E-state index in [0.717, 1.165) is 50.8 Å². The van der Waals surface area contributed by atoms with Crippen molar-refractivity contribution in [3.8, 4) is 16.9 Å². The second-order valence-corrected chi connectivity index (χ2v) is 8.25. The Hall–Kier alpha value is -2.17. The van der Waals surface area contributed by atoms with E-state index in [1.807, 2.05) is 25.1 Å². The zero-order valence-corrected chi connectivity index (χ0v) is 17.6. The third-order valence-corrected chi connectivity index (χ3v) is 6.06. The number of nitrogens with zero attached hydrogens (tertiary/aromatic N) is 1. The van der Waals surface area contributed by atoms with Crippen LogP contribution in [0.2, 0.25) is 5.02 Å². The number of benzene rings is 3. The Labute approximate surface area is 176 Å². The molecule has 0 saturated carbocycles. The Kier molecular flexibility index (Phi) is 5.26. The number of phenols is 1. The smallest absolute Gasteiger partial charge is 0.134 e. The Balaban J connectivity index is 1.60. The fraction of sp³-hybridized carbons (Fsp3) is 0.174. The molecule has 3 aromatic carbocycles. The van der Waals surface area contributed by atoms with Gasteiger partial charge in [0.05, 0.1) is 11.1 Å². The average molecular weight is 459 g/mol. The van der Waals surface area contributed by atoms with E-state index in [0.29, 0.717) is 5.02 Å². The zero-order valence-electron chi connectivity index (χ0n) is 15.2. The van der Waals surface area contributed by atoms with Crippen LogP contribution in [-0.2, 0) is 0 Å². The van der Waals surface area contributed by atoms with Crippen LogP contribution in [0.3, 0.4) is 0 Å². The first-order valence-electron chi connectivity index (χ1n) is 9.04. The van der Waals surface area contributed by atoms with Crippen molar-refractivity contribution in [1.82, 2.24) is 0 Å². The Morgan fingerprint density at radius 2 is 1.71 bits per heavy atom. The molecule has 0 saturated heterocycles. The van der Waals surface area contributed by atoms with Gasteiger partial charge in [-0.3, -0.25) is 4.99 Å². The predicted octanol–water partition coefficient (Wildman–Crippen LogP) is 7.25. The lowest BCUT2D eigenvalue weighted by molar-refractivity contribution is 0.475. The van der Waals surface area contributed by atoms with Crippen LogP contribution in [0.15, 0.2) is 64.1 Å². The highest BCUT2D eigenvalue weighted by atomic mass is 79.9. The quantitative estimate of drug-likeness (QED) is 0.440. The van der Waals surface area contributed by atoms with E-state index in [1.165, 1.54) is 6.07 Å². The summed E-state index contributed by atoms with van der Waals surface area (Å²) < 4.78 is 14.4. The molecule has 0 bridgehead atoms. The summed E-state index contributed by atoms with van der Waals surface area (Å²) in [5.41, 5.74) is 6.11. The van der Waals surface area contributed by atoms with Crippen LogP contribution in [0, 0.1) is 12.7 Å². The normalized spacial score (nSPS) is 16.3. The standard InChI is InChI=1S/C23H18BrClFNO/c1-13-10-17(26)12-18(24)23(13)21-8-7-20(27-21)15-4-2-14(3-5-15)16-6-9-22(28)19(25)11-16/h2-6,9-12,21,28H,7-8H2,1H3. The minimum absolute atomic E-state index is 0.0422. The molecule has 1 aliphatic rings. The van der Waals surface area contributed by atoms with Crippen molar-refractivity contribution >= 4 is 33.2 Å². The van der Waals surface area contributed by atoms with Crippen LogP contribution in [0.5, 0.6) is 5.75 Å². The van der Waals surface area contributed by atoms with E-state index in [2.05, 4.69) is 28.1 Å². The molecule has 0 aromatic heterocycles. The molecule has 0 amide bonds. The van der Waals surface area contributed by atoms with Gasteiger partial charge in [0.25, 0.3) is 0 Å². The first-order chi connectivity index (χ1) is 13.4. The van der Waals surface area contributed by atoms with Gasteiger partial charge < -0.3 is 5.11 Å². The molecular weight excluding hydrogens is 441 g/mol. The van der Waals surface area contributed by atoms with Gasteiger partial charge in [-0.15, -0.1) is 0 Å². The molecule has 0 fully saturated rings. The highest BCUT2D eigenvalue weighted by Gasteiger charge is 2.24. The van der Waals surface area contributed by atoms with Crippen molar-refractivity contribution < 1.29 is 9.50 Å². The Morgan fingerprint density at radius 1 is 1.04 bits per heavy atom. The Morgan fingerprint density at radius 3 is 2.39 bits per heavy atom. The fourth-order valence-corrected chi connectivity index (χ4v) is 4.67. The van der Waals surface area contributed by atoms with Gasteiger partial charge in [-0.05, 0) is 71.8 Å². The number of aliphatic imine (C=N–C) groups is 1. The van der Waals surface area contributed by atoms with Gasteiger partial charge in [0.2, 0.25) is 0 Å². The summed E-state index contributed by atoms with van der Waals surface area (Å²) in [4.78, 5) is 4.92. The molecule has 28 heavy (non-hydrogen) atoms. The second-order valence-electron chi connectivity index (χ2n) is 6.99. The van der Waals surface area contributed by atoms with Gasteiger partial charge >= 0.3 is 0 Å². The molecule has 0 aliphatic carbocycles. The molecule has 1 atom stereocenters. The maximum atomic E-state index is 13.6. The number of hydrogen-bond donors (Lipinski definition) is 1. The minimum atomic E-state index is -0.236. The first-order valence-corrected chi connectivity index (χ1v) is 10.2. The number of halogens is 3. The summed E-state index contributed by atoms with van der Waals surface area (Å²) >= 11 is 9.50. The number of hydrogen-bond acceptors (Lipinski definition) is 2. The topological polar surface area (TPSA) is 32.6 Å². The van der Waals surface area contributed by atoms with Crippen LogP contribution in [0.1, 0.15) is 35.6 Å². The molecule has 142 valence electrons. The first kappa shape index (κ1) is 19.2. The van der Waals surface area contributed by atoms with E-state index in [-0.39, 0.29) is 17.6 Å². The van der Waals surface area contributed by atoms with Gasteiger partial charge in [-0.1, -0.05) is 57.9 Å². The molecule has 3 aromatic rings. The van der Waals surface area contributed by atoms with Gasteiger partial charge in [0.1, 0.15) is 11.6 Å². The summed E-state index contributed by atoms with van der Waals surface area (Å²) in [5, 5.41) is 9.92. The predicted molar refractivity (Wildman–Crippen MR) is 116 cm³/mol. The molecule has 5 heteroatoms. The van der Waals surface area contributed by atoms with Crippen molar-refractivity contribution in [3.63, 3.8) is 0 Å². The van der Waals surface area contributed by atoms with Crippen molar-refractivity contribution in [2.75, 3.05) is 0 Å². The van der Waals surface area contributed by atoms with Gasteiger partial charge in [-0.2, -0.15) is 0 Å². The average Bonchev–Trinajstić information content (AvgIpc) is 3.13. The summed E-state index contributed by atoms with van der Waals surface area (Å²) in [6.45, 7) is 1.92. The molecule has 4 rings (SSSR count). The van der Waals surface area contributed by atoms with Crippen molar-refractivity contribution in [3.05, 3.63) is 86.6 Å². The second kappa shape index (κ2) is 7.69. The lowest BCUT2D eigenvalue weighted by Gasteiger charge is -2.13. The molecule has 1 aliphatic heterocycles. The molecule has 1 N–H and O–H groups in total. The van der Waals surface area contributed by atoms with Crippen molar-refractivity contribution in [1.29, 1.82) is 0 Å². The van der Waals surface area contributed by atoms with Gasteiger partial charge in [-0.25, -0.2) is 4.39 Å². The van der Waals surface area contributed by atoms with Crippen molar-refractivity contribution in [2.45, 2.75) is 25.8 Å². The van der Waals surface area contributed by atoms with E-state index in [4.69, 9.17) is 16.6 Å². The van der Waals surface area contributed by atoms with Crippen LogP contribution in [0.25, 0.3) is 11.1 Å². The number of aromatic hydroxyl groups is 1. The van der Waals surface area contributed by atoms with Crippen molar-refractivity contribution in [2.24, 2.45) is 4.99 Å². The van der Waals surface area contributed by atoms with Crippen LogP contribution >= 0.6 is 27.5 Å². The maximum absolute atomic E-state index is 13.6. The van der Waals surface area contributed by atoms with E-state index < -0.39 is 0 Å². The monoisotopic (exact) mass is 457 g/mol. The van der Waals surface area contributed by atoms with Crippen LogP contribution in [-0.4, -0.2) is 10.8 Å². The van der Waals surface area contributed by atoms with E-state index in [9.17, 15) is 9.50 Å². The SMILES string of the molecule is Cc1cc(F)cc(Br)c1C1CCC(c2ccc(-c3ccc(O)c(Cl)c3)cc2)=N1. The third-order valence-electron chi connectivity index (χ3n) is 5.10. The molecular formula is C23H18BrClFNO. The van der Waals surface area contributed by atoms with Crippen LogP contribution < -0.4 is 0 Å². The maximum Gasteiger partial charge on any atom is 0.134 e. The van der Waals surface area contributed by atoms with Gasteiger partial charge in [0, 0.05) is 10.2 Å². The van der Waals surface area contributed by atoms with Crippen LogP contribution in [0.4, 0.5) is 4.39 Å². The Bertz CT molecular complexity index is 1060. The largest absolute Gasteiger partial charge is 0.506 e. The van der Waals surface area contributed by atoms with E-state index in [1.54, 1.807) is 18.2 Å². The minimum Gasteiger partial charge on any atom is -0.506 e. The molecule has 0 spiro atoms. The number of phenolic OH excluding ortho intramolecular Hbond substituents is 1.